The van der Waals surface area contributed by atoms with E-state index in [9.17, 15) is 14.7 Å². The van der Waals surface area contributed by atoms with Crippen molar-refractivity contribution < 1.29 is 28.9 Å². The fourth-order valence-electron chi connectivity index (χ4n) is 1.99. The molecule has 130 valence electrons. The van der Waals surface area contributed by atoms with Gasteiger partial charge in [0.2, 0.25) is 0 Å². The van der Waals surface area contributed by atoms with Crippen molar-refractivity contribution in [2.24, 2.45) is 5.41 Å². The summed E-state index contributed by atoms with van der Waals surface area (Å²) in [6.07, 6.45) is 1.33. The Kier molecular flexibility index (Phi) is 4.68. The molecule has 7 heteroatoms. The summed E-state index contributed by atoms with van der Waals surface area (Å²) in [6.45, 7) is 6.98. The number of esters is 2. The normalized spacial score (nSPS) is 21.2. The molecule has 1 N–H and O–H groups in total. The highest BCUT2D eigenvalue weighted by atomic mass is 79.9. The summed E-state index contributed by atoms with van der Waals surface area (Å²) >= 11 is 3.19. The monoisotopic (exact) mass is 398 g/mol. The molecular weight excluding hydrogens is 380 g/mol. The first-order valence-electron chi connectivity index (χ1n) is 7.23. The molecule has 0 atom stereocenters. The van der Waals surface area contributed by atoms with Crippen molar-refractivity contribution in [3.05, 3.63) is 27.7 Å². The van der Waals surface area contributed by atoms with E-state index in [1.807, 2.05) is 20.8 Å². The Morgan fingerprint density at radius 2 is 1.75 bits per heavy atom. The number of phenolic OH excluding ortho intramolecular Hbond substituents is 1. The number of aromatic hydroxyl groups is 1. The van der Waals surface area contributed by atoms with Gasteiger partial charge in [-0.05, 0) is 39.7 Å². The molecule has 1 aromatic rings. The Hall–Kier alpha value is -2.02. The molecule has 1 saturated heterocycles. The molecule has 0 bridgehead atoms. The van der Waals surface area contributed by atoms with Crippen LogP contribution in [0.5, 0.6) is 11.5 Å². The van der Waals surface area contributed by atoms with Crippen molar-refractivity contribution in [1.29, 1.82) is 0 Å². The fourth-order valence-corrected chi connectivity index (χ4v) is 2.45. The zero-order chi connectivity index (χ0) is 18.3. The summed E-state index contributed by atoms with van der Waals surface area (Å²) < 4.78 is 16.1. The van der Waals surface area contributed by atoms with Gasteiger partial charge in [-0.1, -0.05) is 20.8 Å². The minimum atomic E-state index is -1.34. The van der Waals surface area contributed by atoms with Crippen LogP contribution in [0.3, 0.4) is 0 Å². The molecule has 1 aliphatic rings. The number of ether oxygens (including phenoxy) is 3. The van der Waals surface area contributed by atoms with Gasteiger partial charge in [-0.25, -0.2) is 9.59 Å². The van der Waals surface area contributed by atoms with Crippen molar-refractivity contribution in [1.82, 2.24) is 0 Å². The van der Waals surface area contributed by atoms with Crippen molar-refractivity contribution in [2.45, 2.75) is 33.5 Å². The summed E-state index contributed by atoms with van der Waals surface area (Å²) in [4.78, 5) is 24.6. The molecule has 1 aromatic carbocycles. The maximum atomic E-state index is 12.3. The second-order valence-electron chi connectivity index (χ2n) is 6.59. The molecular formula is C17H19BrO6. The maximum Gasteiger partial charge on any atom is 0.348 e. The fraction of sp³-hybridized carbons (Fsp3) is 0.412. The first-order chi connectivity index (χ1) is 11.0. The third kappa shape index (κ3) is 3.26. The summed E-state index contributed by atoms with van der Waals surface area (Å²) in [5.41, 5.74) is -0.328. The summed E-state index contributed by atoms with van der Waals surface area (Å²) in [7, 11) is 1.40. The van der Waals surface area contributed by atoms with Gasteiger partial charge in [0, 0.05) is 12.3 Å². The molecule has 24 heavy (non-hydrogen) atoms. The van der Waals surface area contributed by atoms with Crippen molar-refractivity contribution in [2.75, 3.05) is 7.11 Å². The van der Waals surface area contributed by atoms with Crippen LogP contribution in [0.2, 0.25) is 0 Å². The van der Waals surface area contributed by atoms with E-state index >= 15 is 0 Å². The first-order valence-corrected chi connectivity index (χ1v) is 8.02. The van der Waals surface area contributed by atoms with E-state index in [0.29, 0.717) is 10.0 Å². The number of phenols is 1. The van der Waals surface area contributed by atoms with Gasteiger partial charge in [-0.3, -0.25) is 0 Å². The third-order valence-electron chi connectivity index (χ3n) is 3.96. The summed E-state index contributed by atoms with van der Waals surface area (Å²) in [5, 5.41) is 9.81. The third-order valence-corrected chi connectivity index (χ3v) is 4.56. The molecule has 2 rings (SSSR count). The van der Waals surface area contributed by atoms with Gasteiger partial charge in [0.1, 0.15) is 5.57 Å². The van der Waals surface area contributed by atoms with Gasteiger partial charge < -0.3 is 19.3 Å². The van der Waals surface area contributed by atoms with Crippen LogP contribution in [0.4, 0.5) is 0 Å². The minimum absolute atomic E-state index is 0.0752. The van der Waals surface area contributed by atoms with Gasteiger partial charge >= 0.3 is 11.9 Å². The maximum absolute atomic E-state index is 12.3. The number of methoxy groups -OCH3 is 1. The van der Waals surface area contributed by atoms with Crippen LogP contribution in [0.25, 0.3) is 6.08 Å². The second kappa shape index (κ2) is 6.12. The van der Waals surface area contributed by atoms with Gasteiger partial charge in [0.05, 0.1) is 11.6 Å². The van der Waals surface area contributed by atoms with Crippen LogP contribution in [0.1, 0.15) is 33.3 Å². The average molecular weight is 399 g/mol. The lowest BCUT2D eigenvalue weighted by Gasteiger charge is -2.42. The molecule has 1 fully saturated rings. The Labute approximate surface area is 148 Å². The second-order valence-corrected chi connectivity index (χ2v) is 7.44. The van der Waals surface area contributed by atoms with Crippen molar-refractivity contribution >= 4 is 33.9 Å². The van der Waals surface area contributed by atoms with Crippen LogP contribution in [-0.4, -0.2) is 29.9 Å². The van der Waals surface area contributed by atoms with E-state index in [0.717, 1.165) is 0 Å². The Morgan fingerprint density at radius 3 is 2.21 bits per heavy atom. The molecule has 6 nitrogen and oxygen atoms in total. The van der Waals surface area contributed by atoms with Crippen LogP contribution in [0.15, 0.2) is 22.2 Å². The standard InChI is InChI=1S/C17H19BrO6/c1-16(2,3)17(4)23-14(20)10(15(21)24-17)6-9-7-11(18)13(19)12(8-9)22-5/h6-8,19H,1-5H3. The van der Waals surface area contributed by atoms with Gasteiger partial charge in [0.25, 0.3) is 5.79 Å². The van der Waals surface area contributed by atoms with Crippen LogP contribution >= 0.6 is 15.9 Å². The van der Waals surface area contributed by atoms with Crippen molar-refractivity contribution in [3.8, 4) is 11.5 Å². The molecule has 0 aromatic heterocycles. The zero-order valence-corrected chi connectivity index (χ0v) is 15.7. The van der Waals surface area contributed by atoms with Crippen molar-refractivity contribution in [3.63, 3.8) is 0 Å². The number of cyclic esters (lactones) is 2. The summed E-state index contributed by atoms with van der Waals surface area (Å²) in [6, 6.07) is 3.04. The largest absolute Gasteiger partial charge is 0.503 e. The topological polar surface area (TPSA) is 82.1 Å². The molecule has 0 radical (unpaired) electrons. The number of hydrogen-bond acceptors (Lipinski definition) is 6. The number of rotatable bonds is 2. The molecule has 1 heterocycles. The first kappa shape index (κ1) is 18.3. The molecule has 0 amide bonds. The van der Waals surface area contributed by atoms with Gasteiger partial charge in [-0.15, -0.1) is 0 Å². The van der Waals surface area contributed by atoms with E-state index in [4.69, 9.17) is 14.2 Å². The predicted molar refractivity (Wildman–Crippen MR) is 90.4 cm³/mol. The molecule has 0 saturated carbocycles. The minimum Gasteiger partial charge on any atom is -0.503 e. The SMILES string of the molecule is COc1cc(C=C2C(=O)OC(C)(C(C)(C)C)OC2=O)cc(Br)c1O. The molecule has 0 unspecified atom stereocenters. The van der Waals surface area contributed by atoms with Crippen LogP contribution in [-0.2, 0) is 19.1 Å². The lowest BCUT2D eigenvalue weighted by Crippen LogP contribution is -2.52. The lowest BCUT2D eigenvalue weighted by atomic mass is 9.85. The van der Waals surface area contributed by atoms with E-state index < -0.39 is 23.1 Å². The van der Waals surface area contributed by atoms with E-state index in [-0.39, 0.29) is 17.1 Å². The smallest absolute Gasteiger partial charge is 0.348 e. The highest BCUT2D eigenvalue weighted by molar-refractivity contribution is 9.10. The molecule has 1 aliphatic heterocycles. The van der Waals surface area contributed by atoms with E-state index in [1.54, 1.807) is 13.0 Å². The quantitative estimate of drug-likeness (QED) is 0.466. The van der Waals surface area contributed by atoms with Gasteiger partial charge in [-0.2, -0.15) is 0 Å². The Bertz CT molecular complexity index is 709. The highest BCUT2D eigenvalue weighted by Gasteiger charge is 2.50. The lowest BCUT2D eigenvalue weighted by molar-refractivity contribution is -0.261. The number of benzene rings is 1. The highest BCUT2D eigenvalue weighted by Crippen LogP contribution is 2.40. The number of carbonyl (C=O) groups excluding carboxylic acids is 2. The Balaban J connectivity index is 2.41. The predicted octanol–water partition coefficient (Wildman–Crippen LogP) is 3.41. The average Bonchev–Trinajstić information content (AvgIpc) is 2.45. The Morgan fingerprint density at radius 1 is 1.21 bits per heavy atom. The number of halogens is 1. The van der Waals surface area contributed by atoms with E-state index in [2.05, 4.69) is 15.9 Å². The number of hydrogen-bond donors (Lipinski definition) is 1. The zero-order valence-electron chi connectivity index (χ0n) is 14.1. The summed E-state index contributed by atoms with van der Waals surface area (Å²) in [5.74, 6) is -2.73. The molecule has 0 aliphatic carbocycles. The van der Waals surface area contributed by atoms with E-state index in [1.165, 1.54) is 19.3 Å². The van der Waals surface area contributed by atoms with Gasteiger partial charge in [0.15, 0.2) is 11.5 Å². The molecule has 0 spiro atoms. The van der Waals surface area contributed by atoms with Crippen LogP contribution in [0, 0.1) is 5.41 Å². The number of carbonyl (C=O) groups is 2. The van der Waals surface area contributed by atoms with Crippen LogP contribution < -0.4 is 4.74 Å².